The Morgan fingerprint density at radius 3 is 1.49 bits per heavy atom. The molecule has 2 amide bonds. The zero-order valence-corrected chi connectivity index (χ0v) is 21.5. The van der Waals surface area contributed by atoms with Crippen molar-refractivity contribution in [2.45, 2.75) is 0 Å². The molecule has 0 atom stereocenters. The van der Waals surface area contributed by atoms with Gasteiger partial charge in [-0.2, -0.15) is 0 Å². The first kappa shape index (κ1) is 22.1. The van der Waals surface area contributed by atoms with Gasteiger partial charge in [0.05, 0.1) is 30.2 Å². The van der Waals surface area contributed by atoms with Crippen molar-refractivity contribution in [3.05, 3.63) is 94.7 Å². The average Bonchev–Trinajstić information content (AvgIpc) is 3.66. The minimum absolute atomic E-state index is 0.293. The van der Waals surface area contributed by atoms with Gasteiger partial charge in [-0.3, -0.25) is 20.2 Å². The minimum Gasteiger partial charge on any atom is -0.297 e. The third kappa shape index (κ3) is 3.93. The maximum atomic E-state index is 12.9. The molecule has 0 radical (unpaired) electrons. The maximum Gasteiger partial charge on any atom is 0.267 e. The summed E-state index contributed by atoms with van der Waals surface area (Å²) in [6.07, 6.45) is 0. The number of amides is 2. The Hall–Kier alpha value is -4.18. The summed E-state index contributed by atoms with van der Waals surface area (Å²) in [4.78, 5) is 36.0. The minimum atomic E-state index is -0.293. The summed E-state index contributed by atoms with van der Waals surface area (Å²) in [5.74, 6) is -0.585. The zero-order valence-electron chi connectivity index (χ0n) is 19.0. The number of nitrogens with zero attached hydrogens (tertiary/aromatic N) is 2. The van der Waals surface area contributed by atoms with Gasteiger partial charge in [0.25, 0.3) is 11.8 Å². The fourth-order valence-electron chi connectivity index (χ4n) is 4.33. The summed E-state index contributed by atoms with van der Waals surface area (Å²) in [6.45, 7) is 0. The van der Waals surface area contributed by atoms with Crippen molar-refractivity contribution in [3.63, 3.8) is 0 Å². The first-order chi connectivity index (χ1) is 18.1. The van der Waals surface area contributed by atoms with Crippen molar-refractivity contribution in [3.8, 4) is 0 Å². The standard InChI is InChI=1S/C28H16N4O2S3/c33-25(31-27-29-23-17-7-3-1-5-15(17)9-11-19(23)36-27)21-13-14-22(35-21)26(34)32-28-30-24-18-8-4-2-6-16(18)10-12-20(24)37-28/h1-14H,(H,29,31,33)(H,30,32,34). The quantitative estimate of drug-likeness (QED) is 0.241. The van der Waals surface area contributed by atoms with Crippen LogP contribution in [0.5, 0.6) is 0 Å². The van der Waals surface area contributed by atoms with Gasteiger partial charge >= 0.3 is 0 Å². The number of fused-ring (bicyclic) bond motifs is 6. The third-order valence-corrected chi connectivity index (χ3v) is 9.02. The van der Waals surface area contributed by atoms with Crippen molar-refractivity contribution in [2.24, 2.45) is 0 Å². The highest BCUT2D eigenvalue weighted by Crippen LogP contribution is 2.33. The van der Waals surface area contributed by atoms with Gasteiger partial charge in [0.2, 0.25) is 0 Å². The number of anilines is 2. The second-order valence-corrected chi connectivity index (χ2v) is 11.5. The van der Waals surface area contributed by atoms with Gasteiger partial charge in [-0.15, -0.1) is 11.3 Å². The molecule has 0 saturated carbocycles. The zero-order chi connectivity index (χ0) is 24.9. The van der Waals surface area contributed by atoms with E-state index in [9.17, 15) is 9.59 Å². The number of benzene rings is 4. The van der Waals surface area contributed by atoms with Crippen molar-refractivity contribution >= 4 is 98.1 Å². The van der Waals surface area contributed by atoms with E-state index in [1.165, 1.54) is 22.7 Å². The first-order valence-corrected chi connectivity index (χ1v) is 13.9. The second-order valence-electron chi connectivity index (χ2n) is 8.38. The molecule has 0 aliphatic rings. The van der Waals surface area contributed by atoms with Crippen LogP contribution in [0.1, 0.15) is 19.3 Å². The molecule has 6 nitrogen and oxygen atoms in total. The highest BCUT2D eigenvalue weighted by atomic mass is 32.1. The van der Waals surface area contributed by atoms with E-state index in [2.05, 4.69) is 32.7 Å². The summed E-state index contributed by atoms with van der Waals surface area (Å²) in [7, 11) is 0. The number of thiophene rings is 1. The lowest BCUT2D eigenvalue weighted by Gasteiger charge is -1.99. The average molecular weight is 537 g/mol. The van der Waals surface area contributed by atoms with Crippen LogP contribution in [0.2, 0.25) is 0 Å². The molecule has 0 unspecified atom stereocenters. The molecule has 4 aromatic carbocycles. The van der Waals surface area contributed by atoms with Crippen LogP contribution in [0.3, 0.4) is 0 Å². The normalized spacial score (nSPS) is 11.5. The van der Waals surface area contributed by atoms with Gasteiger partial charge < -0.3 is 0 Å². The summed E-state index contributed by atoms with van der Waals surface area (Å²) in [5.41, 5.74) is 1.74. The summed E-state index contributed by atoms with van der Waals surface area (Å²) >= 11 is 3.99. The van der Waals surface area contributed by atoms with E-state index in [4.69, 9.17) is 0 Å². The lowest BCUT2D eigenvalue weighted by Crippen LogP contribution is -2.11. The van der Waals surface area contributed by atoms with Crippen LogP contribution in [-0.4, -0.2) is 21.8 Å². The van der Waals surface area contributed by atoms with Crippen molar-refractivity contribution in [1.82, 2.24) is 9.97 Å². The maximum absolute atomic E-state index is 12.9. The molecule has 178 valence electrons. The molecule has 3 aromatic heterocycles. The first-order valence-electron chi connectivity index (χ1n) is 11.4. The number of aromatic nitrogens is 2. The van der Waals surface area contributed by atoms with Gasteiger partial charge in [0.15, 0.2) is 10.3 Å². The predicted octanol–water partition coefficient (Wildman–Crippen LogP) is 7.78. The molecule has 37 heavy (non-hydrogen) atoms. The van der Waals surface area contributed by atoms with Crippen molar-refractivity contribution < 1.29 is 9.59 Å². The van der Waals surface area contributed by atoms with Gasteiger partial charge in [0, 0.05) is 10.8 Å². The number of rotatable bonds is 4. The lowest BCUT2D eigenvalue weighted by atomic mass is 10.1. The third-order valence-electron chi connectivity index (χ3n) is 6.06. The Bertz CT molecular complexity index is 1860. The van der Waals surface area contributed by atoms with E-state index in [1.54, 1.807) is 12.1 Å². The van der Waals surface area contributed by atoms with Gasteiger partial charge in [0.1, 0.15) is 0 Å². The van der Waals surface area contributed by atoms with Gasteiger partial charge in [-0.25, -0.2) is 9.97 Å². The molecule has 7 aromatic rings. The molecule has 0 aliphatic heterocycles. The van der Waals surface area contributed by atoms with Crippen LogP contribution in [0.25, 0.3) is 42.0 Å². The van der Waals surface area contributed by atoms with Crippen molar-refractivity contribution in [1.29, 1.82) is 0 Å². The molecule has 7 rings (SSSR count). The van der Waals surface area contributed by atoms with Crippen LogP contribution < -0.4 is 10.6 Å². The highest BCUT2D eigenvalue weighted by Gasteiger charge is 2.18. The molecule has 0 fully saturated rings. The second kappa shape index (κ2) is 8.74. The molecule has 3 heterocycles. The molecule has 0 spiro atoms. The Morgan fingerprint density at radius 1 is 0.541 bits per heavy atom. The van der Waals surface area contributed by atoms with Crippen LogP contribution in [0, 0.1) is 0 Å². The number of hydrogen-bond acceptors (Lipinski definition) is 7. The summed E-state index contributed by atoms with van der Waals surface area (Å²) in [5, 5.41) is 11.1. The topological polar surface area (TPSA) is 84.0 Å². The van der Waals surface area contributed by atoms with E-state index in [0.29, 0.717) is 20.0 Å². The van der Waals surface area contributed by atoms with Gasteiger partial charge in [-0.1, -0.05) is 83.3 Å². The monoisotopic (exact) mass is 536 g/mol. The highest BCUT2D eigenvalue weighted by molar-refractivity contribution is 7.23. The summed E-state index contributed by atoms with van der Waals surface area (Å²) < 4.78 is 2.01. The Kier molecular flexibility index (Phi) is 5.21. The van der Waals surface area contributed by atoms with Gasteiger partial charge in [-0.05, 0) is 35.0 Å². The number of hydrogen-bond donors (Lipinski definition) is 2. The van der Waals surface area contributed by atoms with Crippen LogP contribution >= 0.6 is 34.0 Å². The Morgan fingerprint density at radius 2 is 1.00 bits per heavy atom. The Labute approximate surface area is 222 Å². The SMILES string of the molecule is O=C(Nc1nc2c(ccc3ccccc32)s1)c1ccc(C(=O)Nc2nc3c(ccc4ccccc43)s2)s1. The number of nitrogens with one attached hydrogen (secondary N) is 2. The van der Waals surface area contributed by atoms with Crippen LogP contribution in [0.15, 0.2) is 84.9 Å². The summed E-state index contributed by atoms with van der Waals surface area (Å²) in [6, 6.07) is 27.5. The fourth-order valence-corrected chi connectivity index (χ4v) is 6.88. The van der Waals surface area contributed by atoms with Crippen LogP contribution in [0.4, 0.5) is 10.3 Å². The number of carbonyl (C=O) groups excluding carboxylic acids is 2. The van der Waals surface area contributed by atoms with E-state index in [0.717, 1.165) is 53.3 Å². The van der Waals surface area contributed by atoms with E-state index in [1.807, 2.05) is 60.7 Å². The molecule has 0 saturated heterocycles. The smallest absolute Gasteiger partial charge is 0.267 e. The van der Waals surface area contributed by atoms with Crippen LogP contribution in [-0.2, 0) is 0 Å². The lowest BCUT2D eigenvalue weighted by molar-refractivity contribution is 0.102. The largest absolute Gasteiger partial charge is 0.297 e. The molecule has 0 bridgehead atoms. The molecule has 0 aliphatic carbocycles. The molecular weight excluding hydrogens is 521 g/mol. The fraction of sp³-hybridized carbons (Fsp3) is 0. The molecule has 2 N–H and O–H groups in total. The van der Waals surface area contributed by atoms with Crippen molar-refractivity contribution in [2.75, 3.05) is 10.6 Å². The molecular formula is C28H16N4O2S3. The van der Waals surface area contributed by atoms with E-state index in [-0.39, 0.29) is 11.8 Å². The number of thiazole rings is 2. The predicted molar refractivity (Wildman–Crippen MR) is 154 cm³/mol. The molecule has 9 heteroatoms. The Balaban J connectivity index is 1.10. The van der Waals surface area contributed by atoms with E-state index >= 15 is 0 Å². The van der Waals surface area contributed by atoms with E-state index < -0.39 is 0 Å². The number of carbonyl (C=O) groups is 2.